The second kappa shape index (κ2) is 11.8. The minimum Gasteiger partial charge on any atom is -0.444 e. The van der Waals surface area contributed by atoms with Crippen molar-refractivity contribution in [3.63, 3.8) is 0 Å². The second-order valence-corrected chi connectivity index (χ2v) is 10.3. The highest BCUT2D eigenvalue weighted by atomic mass is 32.2. The summed E-state index contributed by atoms with van der Waals surface area (Å²) in [5, 5.41) is 9.00. The molecule has 1 atom stereocenters. The molecule has 1 unspecified atom stereocenters. The molecular formula is C26H26F3N5O3S. The second-order valence-electron chi connectivity index (χ2n) is 8.83. The molecule has 200 valence electrons. The number of carbonyl (C=O) groups is 1. The fourth-order valence-electron chi connectivity index (χ4n) is 4.20. The SMILES string of the molecule is Cc1ncc(CN2CCN(C(=O)OCc3ccccc3S(=O)C(F)(F)F)CC2)n1Cc1ccc(C#N)cc1. The molecule has 1 amide bonds. The smallest absolute Gasteiger partial charge is 0.444 e. The number of piperazine rings is 1. The van der Waals surface area contributed by atoms with Crippen LogP contribution in [-0.4, -0.2) is 61.3 Å². The van der Waals surface area contributed by atoms with Gasteiger partial charge in [-0.2, -0.15) is 18.4 Å². The van der Waals surface area contributed by atoms with Crippen LogP contribution in [0.4, 0.5) is 18.0 Å². The summed E-state index contributed by atoms with van der Waals surface area (Å²) in [6, 6.07) is 14.9. The average Bonchev–Trinajstić information content (AvgIpc) is 3.25. The monoisotopic (exact) mass is 545 g/mol. The Hall–Kier alpha value is -3.69. The molecule has 0 N–H and O–H groups in total. The van der Waals surface area contributed by atoms with E-state index in [9.17, 15) is 22.2 Å². The Morgan fingerprint density at radius 2 is 1.76 bits per heavy atom. The molecule has 0 saturated carbocycles. The van der Waals surface area contributed by atoms with Crippen molar-refractivity contribution in [2.45, 2.75) is 37.0 Å². The third kappa shape index (κ3) is 6.59. The summed E-state index contributed by atoms with van der Waals surface area (Å²) in [6.07, 6.45) is 1.21. The van der Waals surface area contributed by atoms with Crippen LogP contribution in [0.5, 0.6) is 0 Å². The van der Waals surface area contributed by atoms with Gasteiger partial charge < -0.3 is 14.2 Å². The Morgan fingerprint density at radius 3 is 2.42 bits per heavy atom. The number of nitrogens with zero attached hydrogens (tertiary/aromatic N) is 5. The van der Waals surface area contributed by atoms with E-state index in [1.807, 2.05) is 25.3 Å². The van der Waals surface area contributed by atoms with Crippen LogP contribution in [-0.2, 0) is 35.2 Å². The molecule has 1 aliphatic rings. The van der Waals surface area contributed by atoms with E-state index in [2.05, 4.69) is 20.5 Å². The van der Waals surface area contributed by atoms with Crippen LogP contribution in [0, 0.1) is 18.3 Å². The van der Waals surface area contributed by atoms with E-state index in [-0.39, 0.29) is 5.56 Å². The average molecular weight is 546 g/mol. The fraction of sp³-hybridized carbons (Fsp3) is 0.346. The van der Waals surface area contributed by atoms with E-state index in [4.69, 9.17) is 10.00 Å². The zero-order valence-electron chi connectivity index (χ0n) is 20.6. The van der Waals surface area contributed by atoms with E-state index in [0.717, 1.165) is 23.1 Å². The van der Waals surface area contributed by atoms with Crippen LogP contribution in [0.3, 0.4) is 0 Å². The first-order chi connectivity index (χ1) is 18.2. The molecule has 1 aromatic heterocycles. The Labute approximate surface area is 220 Å². The molecule has 12 heteroatoms. The molecule has 2 aromatic carbocycles. The lowest BCUT2D eigenvalue weighted by Crippen LogP contribution is -2.48. The largest absolute Gasteiger partial charge is 0.475 e. The Bertz CT molecular complexity index is 1340. The van der Waals surface area contributed by atoms with Gasteiger partial charge in [0.1, 0.15) is 12.4 Å². The molecule has 0 bridgehead atoms. The number of hydrogen-bond donors (Lipinski definition) is 0. The van der Waals surface area contributed by atoms with Gasteiger partial charge in [-0.25, -0.2) is 14.0 Å². The minimum atomic E-state index is -4.90. The van der Waals surface area contributed by atoms with Crippen LogP contribution in [0.15, 0.2) is 59.6 Å². The number of alkyl halides is 3. The van der Waals surface area contributed by atoms with Gasteiger partial charge in [-0.05, 0) is 30.7 Å². The van der Waals surface area contributed by atoms with Crippen molar-refractivity contribution in [2.75, 3.05) is 26.2 Å². The maximum absolute atomic E-state index is 12.9. The maximum atomic E-state index is 12.9. The lowest BCUT2D eigenvalue weighted by atomic mass is 10.1. The van der Waals surface area contributed by atoms with Crippen LogP contribution >= 0.6 is 0 Å². The number of amides is 1. The van der Waals surface area contributed by atoms with Gasteiger partial charge in [0.05, 0.1) is 22.2 Å². The summed E-state index contributed by atoms with van der Waals surface area (Å²) in [4.78, 5) is 20.3. The van der Waals surface area contributed by atoms with E-state index >= 15 is 0 Å². The van der Waals surface area contributed by atoms with Crippen LogP contribution < -0.4 is 0 Å². The molecule has 4 rings (SSSR count). The first-order valence-corrected chi connectivity index (χ1v) is 13.0. The summed E-state index contributed by atoms with van der Waals surface area (Å²) in [7, 11) is -3.20. The van der Waals surface area contributed by atoms with Gasteiger partial charge in [0, 0.05) is 51.0 Å². The highest BCUT2D eigenvalue weighted by molar-refractivity contribution is 7.86. The van der Waals surface area contributed by atoms with E-state index in [1.54, 1.807) is 12.1 Å². The van der Waals surface area contributed by atoms with Crippen molar-refractivity contribution >= 4 is 16.9 Å². The van der Waals surface area contributed by atoms with Gasteiger partial charge in [-0.3, -0.25) is 4.90 Å². The quantitative estimate of drug-likeness (QED) is 0.442. The van der Waals surface area contributed by atoms with Gasteiger partial charge in [0.2, 0.25) is 0 Å². The summed E-state index contributed by atoms with van der Waals surface area (Å²) < 4.78 is 57.9. The van der Waals surface area contributed by atoms with Crippen molar-refractivity contribution in [2.24, 2.45) is 0 Å². The number of benzene rings is 2. The number of ether oxygens (including phenoxy) is 1. The van der Waals surface area contributed by atoms with Gasteiger partial charge in [0.15, 0.2) is 10.8 Å². The molecule has 3 aromatic rings. The van der Waals surface area contributed by atoms with Crippen molar-refractivity contribution in [1.29, 1.82) is 5.26 Å². The lowest BCUT2D eigenvalue weighted by molar-refractivity contribution is -0.0385. The summed E-state index contributed by atoms with van der Waals surface area (Å²) in [5.41, 5.74) is -2.15. The molecule has 1 saturated heterocycles. The van der Waals surface area contributed by atoms with E-state index in [1.165, 1.54) is 23.1 Å². The number of halogens is 3. The molecule has 8 nitrogen and oxygen atoms in total. The number of imidazole rings is 1. The Kier molecular flexibility index (Phi) is 8.48. The number of rotatable bonds is 7. The van der Waals surface area contributed by atoms with Crippen molar-refractivity contribution < 1.29 is 26.9 Å². The number of carbonyl (C=O) groups excluding carboxylic acids is 1. The molecule has 0 aliphatic carbocycles. The highest BCUT2D eigenvalue weighted by Crippen LogP contribution is 2.28. The van der Waals surface area contributed by atoms with Gasteiger partial charge in [0.25, 0.3) is 0 Å². The molecule has 0 spiro atoms. The number of nitriles is 1. The summed E-state index contributed by atoms with van der Waals surface area (Å²) in [6.45, 7) is 4.77. The summed E-state index contributed by atoms with van der Waals surface area (Å²) in [5.74, 6) is 0.873. The standard InChI is InChI=1S/C26H26F3N5O3S/c1-19-31-15-23(34(19)16-21-8-6-20(14-30)7-9-21)17-32-10-12-33(13-11-32)25(35)37-18-22-4-2-3-5-24(22)38(36)26(27,28)29/h2-9,15H,10-13,16-18H2,1H3. The number of aromatic nitrogens is 2. The normalized spacial score (nSPS) is 15.2. The van der Waals surface area contributed by atoms with E-state index in [0.29, 0.717) is 44.8 Å². The Balaban J connectivity index is 1.30. The summed E-state index contributed by atoms with van der Waals surface area (Å²) >= 11 is 0. The van der Waals surface area contributed by atoms with Crippen molar-refractivity contribution in [3.05, 3.63) is 82.9 Å². The van der Waals surface area contributed by atoms with Crippen LogP contribution in [0.1, 0.15) is 28.2 Å². The number of hydrogen-bond acceptors (Lipinski definition) is 6. The molecule has 0 radical (unpaired) electrons. The van der Waals surface area contributed by atoms with Crippen molar-refractivity contribution in [3.8, 4) is 6.07 Å². The lowest BCUT2D eigenvalue weighted by Gasteiger charge is -2.34. The predicted octanol–water partition coefficient (Wildman–Crippen LogP) is 4.19. The zero-order chi connectivity index (χ0) is 27.3. The molecule has 2 heterocycles. The predicted molar refractivity (Wildman–Crippen MR) is 133 cm³/mol. The van der Waals surface area contributed by atoms with Crippen LogP contribution in [0.2, 0.25) is 0 Å². The van der Waals surface area contributed by atoms with Gasteiger partial charge in [-0.1, -0.05) is 30.3 Å². The fourth-order valence-corrected chi connectivity index (χ4v) is 5.02. The highest BCUT2D eigenvalue weighted by Gasteiger charge is 2.39. The van der Waals surface area contributed by atoms with Crippen LogP contribution in [0.25, 0.3) is 0 Å². The molecule has 38 heavy (non-hydrogen) atoms. The van der Waals surface area contributed by atoms with Crippen molar-refractivity contribution in [1.82, 2.24) is 19.4 Å². The van der Waals surface area contributed by atoms with Gasteiger partial charge >= 0.3 is 11.6 Å². The minimum absolute atomic E-state index is 0.0565. The first kappa shape index (κ1) is 27.3. The molecule has 1 aliphatic heterocycles. The topological polar surface area (TPSA) is 91.5 Å². The molecular weight excluding hydrogens is 519 g/mol. The first-order valence-electron chi connectivity index (χ1n) is 11.9. The Morgan fingerprint density at radius 1 is 1.08 bits per heavy atom. The van der Waals surface area contributed by atoms with Gasteiger partial charge in [-0.15, -0.1) is 0 Å². The zero-order valence-corrected chi connectivity index (χ0v) is 21.5. The third-order valence-corrected chi connectivity index (χ3v) is 7.53. The third-order valence-electron chi connectivity index (χ3n) is 6.31. The maximum Gasteiger partial charge on any atom is 0.475 e. The molecule has 1 fully saturated rings. The van der Waals surface area contributed by atoms with E-state index < -0.39 is 33.9 Å². The number of aryl methyl sites for hydroxylation is 1.